The Kier molecular flexibility index (Phi) is 4.95. The van der Waals surface area contributed by atoms with Gasteiger partial charge in [0, 0.05) is 35.1 Å². The van der Waals surface area contributed by atoms with Crippen LogP contribution in [0.3, 0.4) is 0 Å². The van der Waals surface area contributed by atoms with E-state index in [9.17, 15) is 9.18 Å². The number of hydrogen-bond acceptors (Lipinski definition) is 3. The Morgan fingerprint density at radius 2 is 1.88 bits per heavy atom. The van der Waals surface area contributed by atoms with Crippen LogP contribution in [0.1, 0.15) is 10.4 Å². The second kappa shape index (κ2) is 7.32. The summed E-state index contributed by atoms with van der Waals surface area (Å²) in [6.45, 7) is 0. The van der Waals surface area contributed by atoms with E-state index in [1.165, 1.54) is 6.07 Å². The van der Waals surface area contributed by atoms with Crippen LogP contribution >= 0.6 is 11.6 Å². The lowest BCUT2D eigenvalue weighted by atomic mass is 10.2. The SMILES string of the molecule is CN(c1cncc(F)c1)c1cccc(NC(=O)c2cccc(Cl)c2)c1. The van der Waals surface area contributed by atoms with Crippen LogP contribution in [0.2, 0.25) is 5.02 Å². The van der Waals surface area contributed by atoms with E-state index in [4.69, 9.17) is 11.6 Å². The zero-order chi connectivity index (χ0) is 17.8. The number of nitrogens with zero attached hydrogens (tertiary/aromatic N) is 2. The largest absolute Gasteiger partial charge is 0.343 e. The van der Waals surface area contributed by atoms with Gasteiger partial charge in [-0.05, 0) is 36.4 Å². The zero-order valence-electron chi connectivity index (χ0n) is 13.4. The summed E-state index contributed by atoms with van der Waals surface area (Å²) in [5, 5.41) is 3.33. The second-order valence-corrected chi connectivity index (χ2v) is 5.87. The predicted molar refractivity (Wildman–Crippen MR) is 98.1 cm³/mol. The molecule has 6 heteroatoms. The van der Waals surface area contributed by atoms with E-state index >= 15 is 0 Å². The number of aromatic nitrogens is 1. The van der Waals surface area contributed by atoms with Gasteiger partial charge in [-0.1, -0.05) is 23.7 Å². The Morgan fingerprint density at radius 3 is 2.64 bits per heavy atom. The van der Waals surface area contributed by atoms with Crippen molar-refractivity contribution in [1.82, 2.24) is 4.98 Å². The molecular weight excluding hydrogens is 341 g/mol. The van der Waals surface area contributed by atoms with Gasteiger partial charge in [0.05, 0.1) is 18.1 Å². The molecule has 0 unspecified atom stereocenters. The Labute approximate surface area is 149 Å². The van der Waals surface area contributed by atoms with E-state index < -0.39 is 5.82 Å². The molecule has 0 aliphatic rings. The molecule has 126 valence electrons. The van der Waals surface area contributed by atoms with Gasteiger partial charge in [0.1, 0.15) is 5.82 Å². The van der Waals surface area contributed by atoms with Crippen molar-refractivity contribution in [2.75, 3.05) is 17.3 Å². The average molecular weight is 356 g/mol. The highest BCUT2D eigenvalue weighted by atomic mass is 35.5. The molecular formula is C19H15ClFN3O. The number of halogens is 2. The summed E-state index contributed by atoms with van der Waals surface area (Å²) < 4.78 is 13.4. The molecule has 1 heterocycles. The Hall–Kier alpha value is -2.92. The van der Waals surface area contributed by atoms with E-state index in [1.54, 1.807) is 54.5 Å². The molecule has 0 saturated carbocycles. The number of carbonyl (C=O) groups excluding carboxylic acids is 1. The number of pyridine rings is 1. The third-order valence-corrected chi connectivity index (χ3v) is 3.89. The molecule has 3 rings (SSSR count). The standard InChI is InChI=1S/C19H15ClFN3O/c1-24(18-9-15(21)11-22-12-18)17-7-3-6-16(10-17)23-19(25)13-4-2-5-14(20)8-13/h2-12H,1H3,(H,23,25). The van der Waals surface area contributed by atoms with E-state index in [0.29, 0.717) is 22.0 Å². The summed E-state index contributed by atoms with van der Waals surface area (Å²) in [6, 6.07) is 15.4. The molecule has 0 fully saturated rings. The first-order chi connectivity index (χ1) is 12.0. The lowest BCUT2D eigenvalue weighted by Crippen LogP contribution is -2.13. The fourth-order valence-corrected chi connectivity index (χ4v) is 2.55. The summed E-state index contributed by atoms with van der Waals surface area (Å²) in [6.07, 6.45) is 2.72. The Bertz CT molecular complexity index is 916. The van der Waals surface area contributed by atoms with Crippen LogP contribution in [-0.2, 0) is 0 Å². The van der Waals surface area contributed by atoms with E-state index in [0.717, 1.165) is 11.9 Å². The summed E-state index contributed by atoms with van der Waals surface area (Å²) >= 11 is 5.92. The maximum atomic E-state index is 13.4. The van der Waals surface area contributed by atoms with Crippen molar-refractivity contribution in [3.8, 4) is 0 Å². The predicted octanol–water partition coefficient (Wildman–Crippen LogP) is 4.89. The van der Waals surface area contributed by atoms with Gasteiger partial charge in [0.25, 0.3) is 5.91 Å². The van der Waals surface area contributed by atoms with Gasteiger partial charge < -0.3 is 10.2 Å². The van der Waals surface area contributed by atoms with Crippen LogP contribution in [0.5, 0.6) is 0 Å². The van der Waals surface area contributed by atoms with Gasteiger partial charge in [-0.3, -0.25) is 9.78 Å². The number of benzene rings is 2. The van der Waals surface area contributed by atoms with E-state index in [2.05, 4.69) is 10.3 Å². The second-order valence-electron chi connectivity index (χ2n) is 5.44. The molecule has 0 aliphatic heterocycles. The molecule has 0 saturated heterocycles. The molecule has 0 bridgehead atoms. The Balaban J connectivity index is 1.80. The maximum Gasteiger partial charge on any atom is 0.255 e. The smallest absolute Gasteiger partial charge is 0.255 e. The third kappa shape index (κ3) is 4.14. The van der Waals surface area contributed by atoms with E-state index in [1.807, 2.05) is 12.1 Å². The fourth-order valence-electron chi connectivity index (χ4n) is 2.36. The van der Waals surface area contributed by atoms with Crippen LogP contribution in [0.15, 0.2) is 67.0 Å². The van der Waals surface area contributed by atoms with Gasteiger partial charge >= 0.3 is 0 Å². The summed E-state index contributed by atoms with van der Waals surface area (Å²) in [4.78, 5) is 18.0. The highest BCUT2D eigenvalue weighted by molar-refractivity contribution is 6.31. The van der Waals surface area contributed by atoms with Crippen molar-refractivity contribution in [1.29, 1.82) is 0 Å². The molecule has 2 aromatic carbocycles. The highest BCUT2D eigenvalue weighted by Gasteiger charge is 2.09. The Morgan fingerprint density at radius 1 is 1.08 bits per heavy atom. The number of nitrogens with one attached hydrogen (secondary N) is 1. The molecule has 0 spiro atoms. The minimum absolute atomic E-state index is 0.255. The third-order valence-electron chi connectivity index (χ3n) is 3.66. The lowest BCUT2D eigenvalue weighted by Gasteiger charge is -2.20. The molecule has 25 heavy (non-hydrogen) atoms. The van der Waals surface area contributed by atoms with Crippen molar-refractivity contribution >= 4 is 34.6 Å². The average Bonchev–Trinajstić information content (AvgIpc) is 2.61. The van der Waals surface area contributed by atoms with Crippen molar-refractivity contribution in [3.63, 3.8) is 0 Å². The van der Waals surface area contributed by atoms with Crippen molar-refractivity contribution < 1.29 is 9.18 Å². The molecule has 0 aliphatic carbocycles. The first kappa shape index (κ1) is 16.9. The molecule has 1 amide bonds. The quantitative estimate of drug-likeness (QED) is 0.724. The molecule has 4 nitrogen and oxygen atoms in total. The first-order valence-corrected chi connectivity index (χ1v) is 7.92. The van der Waals surface area contributed by atoms with Crippen LogP contribution in [0, 0.1) is 5.82 Å². The number of carbonyl (C=O) groups is 1. The van der Waals surface area contributed by atoms with Crippen LogP contribution in [0.4, 0.5) is 21.5 Å². The molecule has 0 atom stereocenters. The van der Waals surface area contributed by atoms with Gasteiger partial charge in [0.2, 0.25) is 0 Å². The van der Waals surface area contributed by atoms with Gasteiger partial charge in [0.15, 0.2) is 0 Å². The lowest BCUT2D eigenvalue weighted by molar-refractivity contribution is 0.102. The highest BCUT2D eigenvalue weighted by Crippen LogP contribution is 2.26. The van der Waals surface area contributed by atoms with E-state index in [-0.39, 0.29) is 5.91 Å². The topological polar surface area (TPSA) is 45.2 Å². The number of amides is 1. The number of rotatable bonds is 4. The molecule has 3 aromatic rings. The van der Waals surface area contributed by atoms with Gasteiger partial charge in [-0.25, -0.2) is 4.39 Å². The summed E-state index contributed by atoms with van der Waals surface area (Å²) in [5.74, 6) is -0.663. The fraction of sp³-hybridized carbons (Fsp3) is 0.0526. The van der Waals surface area contributed by atoms with Crippen LogP contribution < -0.4 is 10.2 Å². The molecule has 1 aromatic heterocycles. The zero-order valence-corrected chi connectivity index (χ0v) is 14.2. The van der Waals surface area contributed by atoms with Gasteiger partial charge in [-0.15, -0.1) is 0 Å². The number of anilines is 3. The normalized spacial score (nSPS) is 10.4. The first-order valence-electron chi connectivity index (χ1n) is 7.54. The monoisotopic (exact) mass is 355 g/mol. The summed E-state index contributed by atoms with van der Waals surface area (Å²) in [5.41, 5.74) is 2.49. The van der Waals surface area contributed by atoms with Crippen LogP contribution in [-0.4, -0.2) is 17.9 Å². The minimum atomic E-state index is -0.408. The van der Waals surface area contributed by atoms with Crippen molar-refractivity contribution in [2.24, 2.45) is 0 Å². The maximum absolute atomic E-state index is 13.4. The number of hydrogen-bond donors (Lipinski definition) is 1. The van der Waals surface area contributed by atoms with Gasteiger partial charge in [-0.2, -0.15) is 0 Å². The minimum Gasteiger partial charge on any atom is -0.343 e. The molecule has 0 radical (unpaired) electrons. The van der Waals surface area contributed by atoms with Crippen LogP contribution in [0.25, 0.3) is 0 Å². The van der Waals surface area contributed by atoms with Crippen molar-refractivity contribution in [3.05, 3.63) is 83.4 Å². The molecule has 1 N–H and O–H groups in total. The van der Waals surface area contributed by atoms with Crippen molar-refractivity contribution in [2.45, 2.75) is 0 Å². The summed E-state index contributed by atoms with van der Waals surface area (Å²) in [7, 11) is 1.80.